The van der Waals surface area contributed by atoms with Crippen LogP contribution < -0.4 is 10.6 Å². The van der Waals surface area contributed by atoms with Gasteiger partial charge < -0.3 is 10.6 Å². The first-order valence-corrected chi connectivity index (χ1v) is 6.45. The Balaban J connectivity index is 2.27. The maximum atomic E-state index is 13.8. The second-order valence-corrected chi connectivity index (χ2v) is 4.74. The molecule has 0 saturated heterocycles. The molecule has 2 rings (SSSR count). The molecule has 3 nitrogen and oxygen atoms in total. The highest BCUT2D eigenvalue weighted by atomic mass is 19.1. The molecular formula is C13H19F2N3. The molecule has 1 aromatic rings. The largest absolute Gasteiger partial charge is 0.351 e. The lowest BCUT2D eigenvalue weighted by molar-refractivity contribution is 0.451. The molecule has 2 atom stereocenters. The van der Waals surface area contributed by atoms with E-state index in [0.29, 0.717) is 19.0 Å². The summed E-state index contributed by atoms with van der Waals surface area (Å²) in [5.74, 6) is -0.630. The summed E-state index contributed by atoms with van der Waals surface area (Å²) in [6.45, 7) is 3.21. The molecule has 0 spiro atoms. The molecule has 0 radical (unpaired) electrons. The van der Waals surface area contributed by atoms with E-state index in [2.05, 4.69) is 4.98 Å². The van der Waals surface area contributed by atoms with Gasteiger partial charge in [0.1, 0.15) is 5.82 Å². The van der Waals surface area contributed by atoms with Gasteiger partial charge in [-0.2, -0.15) is 0 Å². The van der Waals surface area contributed by atoms with Crippen molar-refractivity contribution in [1.82, 2.24) is 4.98 Å². The molecule has 1 heterocycles. The van der Waals surface area contributed by atoms with Gasteiger partial charge in [0.25, 0.3) is 0 Å². The zero-order valence-electron chi connectivity index (χ0n) is 10.6. The number of anilines is 1. The Morgan fingerprint density at radius 1 is 1.44 bits per heavy atom. The second-order valence-electron chi connectivity index (χ2n) is 4.74. The van der Waals surface area contributed by atoms with Crippen LogP contribution in [0.4, 0.5) is 14.6 Å². The minimum Gasteiger partial charge on any atom is -0.351 e. The van der Waals surface area contributed by atoms with Gasteiger partial charge in [0.2, 0.25) is 0 Å². The van der Waals surface area contributed by atoms with Gasteiger partial charge in [-0.3, -0.25) is 0 Å². The van der Waals surface area contributed by atoms with E-state index in [0.717, 1.165) is 31.5 Å². The monoisotopic (exact) mass is 255 g/mol. The van der Waals surface area contributed by atoms with Gasteiger partial charge >= 0.3 is 0 Å². The number of hydrogen-bond donors (Lipinski definition) is 1. The SMILES string of the molecule is CCN(c1ncc(F)cc1F)C1CCCC1CN. The van der Waals surface area contributed by atoms with Crippen LogP contribution in [0.15, 0.2) is 12.3 Å². The number of nitrogens with zero attached hydrogens (tertiary/aromatic N) is 2. The number of nitrogens with two attached hydrogens (primary N) is 1. The third-order valence-corrected chi connectivity index (χ3v) is 3.72. The summed E-state index contributed by atoms with van der Waals surface area (Å²) in [6, 6.07) is 1.10. The number of hydrogen-bond acceptors (Lipinski definition) is 3. The van der Waals surface area contributed by atoms with Crippen molar-refractivity contribution in [2.75, 3.05) is 18.0 Å². The fraction of sp³-hybridized carbons (Fsp3) is 0.615. The number of pyridine rings is 1. The van der Waals surface area contributed by atoms with E-state index in [1.54, 1.807) is 0 Å². The van der Waals surface area contributed by atoms with Crippen molar-refractivity contribution in [3.05, 3.63) is 23.9 Å². The molecule has 0 aliphatic heterocycles. The lowest BCUT2D eigenvalue weighted by atomic mass is 10.0. The normalized spacial score (nSPS) is 23.3. The molecule has 5 heteroatoms. The number of aromatic nitrogens is 1. The van der Waals surface area contributed by atoms with Crippen LogP contribution in [0.5, 0.6) is 0 Å². The van der Waals surface area contributed by atoms with E-state index in [1.807, 2.05) is 11.8 Å². The first-order valence-electron chi connectivity index (χ1n) is 6.45. The number of rotatable bonds is 4. The van der Waals surface area contributed by atoms with Crippen LogP contribution in [-0.2, 0) is 0 Å². The van der Waals surface area contributed by atoms with Gasteiger partial charge in [-0.1, -0.05) is 6.42 Å². The quantitative estimate of drug-likeness (QED) is 0.897. The Morgan fingerprint density at radius 2 is 2.22 bits per heavy atom. The predicted octanol–water partition coefficient (Wildman–Crippen LogP) is 2.31. The molecule has 1 aromatic heterocycles. The van der Waals surface area contributed by atoms with Crippen LogP contribution in [0.3, 0.4) is 0 Å². The molecule has 0 bridgehead atoms. The topological polar surface area (TPSA) is 42.2 Å². The Bertz CT molecular complexity index is 411. The Kier molecular flexibility index (Phi) is 4.11. The lowest BCUT2D eigenvalue weighted by Crippen LogP contribution is -2.41. The molecule has 1 saturated carbocycles. The highest BCUT2D eigenvalue weighted by Gasteiger charge is 2.32. The fourth-order valence-corrected chi connectivity index (χ4v) is 2.86. The fourth-order valence-electron chi connectivity index (χ4n) is 2.86. The molecule has 0 aromatic carbocycles. The summed E-state index contributed by atoms with van der Waals surface area (Å²) in [6.07, 6.45) is 4.23. The van der Waals surface area contributed by atoms with Gasteiger partial charge in [0, 0.05) is 18.7 Å². The average Bonchev–Trinajstić information content (AvgIpc) is 2.81. The summed E-state index contributed by atoms with van der Waals surface area (Å²) in [4.78, 5) is 5.81. The summed E-state index contributed by atoms with van der Waals surface area (Å²) in [5.41, 5.74) is 5.76. The molecule has 2 unspecified atom stereocenters. The minimum absolute atomic E-state index is 0.215. The van der Waals surface area contributed by atoms with E-state index < -0.39 is 11.6 Å². The highest BCUT2D eigenvalue weighted by molar-refractivity contribution is 5.41. The first-order chi connectivity index (χ1) is 8.67. The third kappa shape index (κ3) is 2.46. The van der Waals surface area contributed by atoms with Crippen LogP contribution in [0, 0.1) is 17.6 Å². The van der Waals surface area contributed by atoms with Gasteiger partial charge in [0.05, 0.1) is 6.20 Å². The molecule has 2 N–H and O–H groups in total. The summed E-state index contributed by atoms with van der Waals surface area (Å²) in [7, 11) is 0. The first kappa shape index (κ1) is 13.2. The van der Waals surface area contributed by atoms with Crippen molar-refractivity contribution < 1.29 is 8.78 Å². The van der Waals surface area contributed by atoms with Crippen LogP contribution in [0.2, 0.25) is 0 Å². The highest BCUT2D eigenvalue weighted by Crippen LogP contribution is 2.32. The van der Waals surface area contributed by atoms with E-state index in [9.17, 15) is 8.78 Å². The van der Waals surface area contributed by atoms with Crippen LogP contribution in [-0.4, -0.2) is 24.1 Å². The second kappa shape index (κ2) is 5.61. The maximum Gasteiger partial charge on any atom is 0.168 e. The van der Waals surface area contributed by atoms with E-state index in [4.69, 9.17) is 5.73 Å². The standard InChI is InChI=1S/C13H19F2N3/c1-2-18(12-5-3-4-9(12)7-16)13-11(15)6-10(14)8-17-13/h6,8-9,12H,2-5,7,16H2,1H3. The van der Waals surface area contributed by atoms with Crippen LogP contribution in [0.25, 0.3) is 0 Å². The van der Waals surface area contributed by atoms with Crippen molar-refractivity contribution in [3.8, 4) is 0 Å². The number of halogens is 2. The van der Waals surface area contributed by atoms with E-state index in [-0.39, 0.29) is 11.9 Å². The Hall–Kier alpha value is -1.23. The Labute approximate surface area is 106 Å². The molecule has 1 aliphatic rings. The smallest absolute Gasteiger partial charge is 0.168 e. The van der Waals surface area contributed by atoms with Crippen LogP contribution >= 0.6 is 0 Å². The zero-order chi connectivity index (χ0) is 13.1. The minimum atomic E-state index is -0.644. The molecule has 1 fully saturated rings. The van der Waals surface area contributed by atoms with Gasteiger partial charge in [-0.15, -0.1) is 0 Å². The predicted molar refractivity (Wildman–Crippen MR) is 67.4 cm³/mol. The maximum absolute atomic E-state index is 13.8. The molecule has 100 valence electrons. The summed E-state index contributed by atoms with van der Waals surface area (Å²) in [5, 5.41) is 0. The average molecular weight is 255 g/mol. The van der Waals surface area contributed by atoms with Gasteiger partial charge in [-0.25, -0.2) is 13.8 Å². The third-order valence-electron chi connectivity index (χ3n) is 3.72. The Morgan fingerprint density at radius 3 is 2.83 bits per heavy atom. The zero-order valence-corrected chi connectivity index (χ0v) is 10.6. The van der Waals surface area contributed by atoms with Gasteiger partial charge in [-0.05, 0) is 32.2 Å². The summed E-state index contributed by atoms with van der Waals surface area (Å²) < 4.78 is 26.7. The lowest BCUT2D eigenvalue weighted by Gasteiger charge is -2.33. The van der Waals surface area contributed by atoms with Gasteiger partial charge in [0.15, 0.2) is 11.6 Å². The summed E-state index contributed by atoms with van der Waals surface area (Å²) >= 11 is 0. The van der Waals surface area contributed by atoms with Crippen molar-refractivity contribution >= 4 is 5.82 Å². The van der Waals surface area contributed by atoms with Crippen molar-refractivity contribution in [1.29, 1.82) is 0 Å². The van der Waals surface area contributed by atoms with Crippen molar-refractivity contribution in [2.45, 2.75) is 32.2 Å². The van der Waals surface area contributed by atoms with E-state index in [1.165, 1.54) is 0 Å². The molecule has 0 amide bonds. The molecular weight excluding hydrogens is 236 g/mol. The van der Waals surface area contributed by atoms with Crippen molar-refractivity contribution in [2.24, 2.45) is 11.7 Å². The molecule has 1 aliphatic carbocycles. The van der Waals surface area contributed by atoms with Crippen LogP contribution in [0.1, 0.15) is 26.2 Å². The molecule has 18 heavy (non-hydrogen) atoms. The van der Waals surface area contributed by atoms with E-state index >= 15 is 0 Å². The van der Waals surface area contributed by atoms with Crippen molar-refractivity contribution in [3.63, 3.8) is 0 Å².